The van der Waals surface area contributed by atoms with Crippen LogP contribution in [0.5, 0.6) is 0 Å². The Labute approximate surface area is 106 Å². The lowest BCUT2D eigenvalue weighted by atomic mass is 9.97. The Bertz CT molecular complexity index is 547. The minimum atomic E-state index is -0.334. The topological polar surface area (TPSA) is 72.5 Å². The van der Waals surface area contributed by atoms with E-state index in [1.54, 1.807) is 0 Å². The number of nitrogens with one attached hydrogen (secondary N) is 1. The molecule has 2 aromatic heterocycles. The third-order valence-electron chi connectivity index (χ3n) is 3.78. The molecule has 1 unspecified atom stereocenters. The largest absolute Gasteiger partial charge is 0.340 e. The molecule has 0 amide bonds. The average molecular weight is 245 g/mol. The van der Waals surface area contributed by atoms with E-state index in [0.717, 1.165) is 23.6 Å². The predicted octanol–water partition coefficient (Wildman–Crippen LogP) is 1.88. The summed E-state index contributed by atoms with van der Waals surface area (Å²) in [6, 6.07) is 0. The van der Waals surface area contributed by atoms with Crippen LogP contribution in [0.15, 0.2) is 18.6 Å². The Kier molecular flexibility index (Phi) is 2.52. The van der Waals surface area contributed by atoms with E-state index in [0.29, 0.717) is 5.92 Å². The van der Waals surface area contributed by atoms with E-state index in [1.165, 1.54) is 12.8 Å². The van der Waals surface area contributed by atoms with E-state index in [1.807, 2.05) is 23.3 Å². The summed E-state index contributed by atoms with van der Waals surface area (Å²) < 4.78 is 1.90. The molecule has 96 valence electrons. The van der Waals surface area contributed by atoms with Gasteiger partial charge in [-0.2, -0.15) is 5.10 Å². The third kappa shape index (κ3) is 1.84. The minimum absolute atomic E-state index is 0.334. The van der Waals surface area contributed by atoms with Gasteiger partial charge >= 0.3 is 0 Å². The summed E-state index contributed by atoms with van der Waals surface area (Å²) in [5.74, 6) is 1.44. The number of rotatable bonds is 4. The quantitative estimate of drug-likeness (QED) is 0.863. The monoisotopic (exact) mass is 245 g/mol. The summed E-state index contributed by atoms with van der Waals surface area (Å²) in [7, 11) is 0. The molecule has 1 fully saturated rings. The number of aromatic amines is 1. The molecule has 3 N–H and O–H groups in total. The van der Waals surface area contributed by atoms with E-state index < -0.39 is 0 Å². The van der Waals surface area contributed by atoms with Gasteiger partial charge in [-0.1, -0.05) is 0 Å². The predicted molar refractivity (Wildman–Crippen MR) is 69.7 cm³/mol. The first kappa shape index (κ1) is 11.5. The molecular formula is C13H19N5. The summed E-state index contributed by atoms with van der Waals surface area (Å²) in [5.41, 5.74) is 8.06. The number of hydrogen-bond acceptors (Lipinski definition) is 3. The summed E-state index contributed by atoms with van der Waals surface area (Å²) in [5, 5.41) is 4.27. The van der Waals surface area contributed by atoms with Crippen molar-refractivity contribution in [1.82, 2.24) is 19.7 Å². The summed E-state index contributed by atoms with van der Waals surface area (Å²) in [6.07, 6.45) is 8.13. The highest BCUT2D eigenvalue weighted by atomic mass is 15.3. The first-order valence-corrected chi connectivity index (χ1v) is 6.48. The Balaban J connectivity index is 1.89. The Morgan fingerprint density at radius 3 is 2.89 bits per heavy atom. The molecule has 1 atom stereocenters. The maximum Gasteiger partial charge on any atom is 0.126 e. The molecule has 2 aromatic rings. The van der Waals surface area contributed by atoms with Crippen LogP contribution >= 0.6 is 0 Å². The van der Waals surface area contributed by atoms with Gasteiger partial charge in [0.1, 0.15) is 5.82 Å². The SMILES string of the molecule is CCn1cc(-c2cnc(C(C)(N)C3CC3)[nH]2)cn1. The summed E-state index contributed by atoms with van der Waals surface area (Å²) in [4.78, 5) is 7.78. The van der Waals surface area contributed by atoms with E-state index >= 15 is 0 Å². The first-order valence-electron chi connectivity index (χ1n) is 6.48. The standard InChI is InChI=1S/C13H19N5/c1-3-18-8-9(6-16-18)11-7-15-12(17-11)13(2,14)10-4-5-10/h6-8,10H,3-5,14H2,1-2H3,(H,15,17). The van der Waals surface area contributed by atoms with Crippen molar-refractivity contribution in [3.63, 3.8) is 0 Å². The van der Waals surface area contributed by atoms with Gasteiger partial charge in [-0.3, -0.25) is 4.68 Å². The molecule has 1 aliphatic rings. The number of nitrogens with zero attached hydrogens (tertiary/aromatic N) is 3. The lowest BCUT2D eigenvalue weighted by molar-refractivity contribution is 0.404. The molecule has 0 spiro atoms. The Morgan fingerprint density at radius 2 is 2.28 bits per heavy atom. The van der Waals surface area contributed by atoms with Crippen LogP contribution in [0.25, 0.3) is 11.3 Å². The van der Waals surface area contributed by atoms with Gasteiger partial charge in [0, 0.05) is 18.3 Å². The number of aromatic nitrogens is 4. The third-order valence-corrected chi connectivity index (χ3v) is 3.78. The minimum Gasteiger partial charge on any atom is -0.340 e. The van der Waals surface area contributed by atoms with Crippen LogP contribution in [0.4, 0.5) is 0 Å². The second kappa shape index (κ2) is 3.95. The maximum atomic E-state index is 6.35. The van der Waals surface area contributed by atoms with Gasteiger partial charge in [-0.15, -0.1) is 0 Å². The summed E-state index contributed by atoms with van der Waals surface area (Å²) >= 11 is 0. The van der Waals surface area contributed by atoms with Crippen LogP contribution in [-0.4, -0.2) is 19.7 Å². The normalized spacial score (nSPS) is 18.8. The summed E-state index contributed by atoms with van der Waals surface area (Å²) in [6.45, 7) is 5.00. The molecule has 3 rings (SSSR count). The number of aryl methyl sites for hydroxylation is 1. The fourth-order valence-electron chi connectivity index (χ4n) is 2.29. The van der Waals surface area contributed by atoms with Crippen molar-refractivity contribution in [2.45, 2.75) is 38.8 Å². The molecule has 5 nitrogen and oxygen atoms in total. The van der Waals surface area contributed by atoms with Crippen LogP contribution in [0, 0.1) is 5.92 Å². The zero-order valence-electron chi connectivity index (χ0n) is 10.8. The van der Waals surface area contributed by atoms with E-state index in [-0.39, 0.29) is 5.54 Å². The molecule has 1 saturated carbocycles. The van der Waals surface area contributed by atoms with Crippen LogP contribution in [0.1, 0.15) is 32.5 Å². The van der Waals surface area contributed by atoms with Crippen molar-refractivity contribution in [3.05, 3.63) is 24.4 Å². The second-order valence-electron chi connectivity index (χ2n) is 5.29. The van der Waals surface area contributed by atoms with E-state index in [4.69, 9.17) is 5.73 Å². The number of imidazole rings is 1. The molecule has 0 aromatic carbocycles. The van der Waals surface area contributed by atoms with Gasteiger partial charge in [0.15, 0.2) is 0 Å². The van der Waals surface area contributed by atoms with Crippen molar-refractivity contribution in [3.8, 4) is 11.3 Å². The number of hydrogen-bond donors (Lipinski definition) is 2. The van der Waals surface area contributed by atoms with E-state index in [9.17, 15) is 0 Å². The molecule has 0 radical (unpaired) electrons. The lowest BCUT2D eigenvalue weighted by Gasteiger charge is -2.21. The average Bonchev–Trinajstić information content (AvgIpc) is 2.93. The highest BCUT2D eigenvalue weighted by Crippen LogP contribution is 2.43. The molecule has 0 saturated heterocycles. The Hall–Kier alpha value is -1.62. The van der Waals surface area contributed by atoms with Crippen molar-refractivity contribution in [2.75, 3.05) is 0 Å². The van der Waals surface area contributed by atoms with Crippen molar-refractivity contribution in [1.29, 1.82) is 0 Å². The molecule has 0 aliphatic heterocycles. The second-order valence-corrected chi connectivity index (χ2v) is 5.29. The lowest BCUT2D eigenvalue weighted by Crippen LogP contribution is -2.36. The molecule has 2 heterocycles. The molecular weight excluding hydrogens is 226 g/mol. The fraction of sp³-hybridized carbons (Fsp3) is 0.538. The first-order chi connectivity index (χ1) is 8.61. The highest BCUT2D eigenvalue weighted by Gasteiger charge is 2.41. The van der Waals surface area contributed by atoms with Crippen LogP contribution < -0.4 is 5.73 Å². The van der Waals surface area contributed by atoms with Crippen molar-refractivity contribution >= 4 is 0 Å². The molecule has 1 aliphatic carbocycles. The van der Waals surface area contributed by atoms with E-state index in [2.05, 4.69) is 28.9 Å². The van der Waals surface area contributed by atoms with Crippen molar-refractivity contribution in [2.24, 2.45) is 11.7 Å². The maximum absolute atomic E-state index is 6.35. The molecule has 18 heavy (non-hydrogen) atoms. The van der Waals surface area contributed by atoms with Gasteiger partial charge in [-0.05, 0) is 32.6 Å². The molecule has 0 bridgehead atoms. The fourth-order valence-corrected chi connectivity index (χ4v) is 2.29. The van der Waals surface area contributed by atoms with Gasteiger partial charge in [-0.25, -0.2) is 4.98 Å². The van der Waals surface area contributed by atoms with Crippen LogP contribution in [0.2, 0.25) is 0 Å². The molecule has 5 heteroatoms. The van der Waals surface area contributed by atoms with Crippen molar-refractivity contribution < 1.29 is 0 Å². The smallest absolute Gasteiger partial charge is 0.126 e. The number of nitrogens with two attached hydrogens (primary N) is 1. The zero-order valence-corrected chi connectivity index (χ0v) is 10.8. The zero-order chi connectivity index (χ0) is 12.8. The Morgan fingerprint density at radius 1 is 1.50 bits per heavy atom. The van der Waals surface area contributed by atoms with Gasteiger partial charge in [0.25, 0.3) is 0 Å². The van der Waals surface area contributed by atoms with Crippen LogP contribution in [0.3, 0.4) is 0 Å². The van der Waals surface area contributed by atoms with Gasteiger partial charge < -0.3 is 10.7 Å². The van der Waals surface area contributed by atoms with Crippen LogP contribution in [-0.2, 0) is 12.1 Å². The highest BCUT2D eigenvalue weighted by molar-refractivity contribution is 5.56. The number of H-pyrrole nitrogens is 1. The van der Waals surface area contributed by atoms with Gasteiger partial charge in [0.05, 0.1) is 23.6 Å². The van der Waals surface area contributed by atoms with Gasteiger partial charge in [0.2, 0.25) is 0 Å².